The monoisotopic (exact) mass is 371 g/mol. The van der Waals surface area contributed by atoms with E-state index >= 15 is 0 Å². The average molecular weight is 372 g/mol. The Morgan fingerprint density at radius 3 is 2.19 bits per heavy atom. The van der Waals surface area contributed by atoms with Crippen LogP contribution >= 0.6 is 27.3 Å². The zero-order valence-electron chi connectivity index (χ0n) is 12.2. The molecule has 21 heavy (non-hydrogen) atoms. The summed E-state index contributed by atoms with van der Waals surface area (Å²) in [5.41, 5.74) is 1.03. The van der Waals surface area contributed by atoms with E-state index in [1.807, 2.05) is 12.1 Å². The first-order valence-electron chi connectivity index (χ1n) is 6.41. The summed E-state index contributed by atoms with van der Waals surface area (Å²) in [6.07, 6.45) is 0. The zero-order valence-corrected chi connectivity index (χ0v) is 14.6. The van der Waals surface area contributed by atoms with Crippen LogP contribution in [0, 0.1) is 0 Å². The number of hydrogen-bond donors (Lipinski definition) is 1. The first-order valence-corrected chi connectivity index (χ1v) is 8.02. The number of nitrogens with one attached hydrogen (secondary N) is 1. The van der Waals surface area contributed by atoms with Crippen molar-refractivity contribution in [3.05, 3.63) is 38.5 Å². The lowest BCUT2D eigenvalue weighted by Gasteiger charge is -2.14. The van der Waals surface area contributed by atoms with E-state index in [9.17, 15) is 0 Å². The van der Waals surface area contributed by atoms with Crippen LogP contribution in [-0.2, 0) is 13.1 Å². The Labute approximate surface area is 137 Å². The quantitative estimate of drug-likeness (QED) is 0.802. The second kappa shape index (κ2) is 7.68. The number of rotatable bonds is 7. The number of ether oxygens (including phenoxy) is 3. The molecule has 0 fully saturated rings. The summed E-state index contributed by atoms with van der Waals surface area (Å²) in [4.78, 5) is 1.28. The van der Waals surface area contributed by atoms with Gasteiger partial charge >= 0.3 is 0 Å². The molecule has 0 unspecified atom stereocenters. The molecule has 0 atom stereocenters. The zero-order chi connectivity index (χ0) is 15.2. The Kier molecular flexibility index (Phi) is 5.90. The van der Waals surface area contributed by atoms with Crippen LogP contribution < -0.4 is 19.5 Å². The molecule has 0 bridgehead atoms. The van der Waals surface area contributed by atoms with Gasteiger partial charge in [-0.15, -0.1) is 11.3 Å². The standard InChI is InChI=1S/C15H18BrNO3S/c1-18-12-7-14(20-3)13(19-2)6-10(12)8-17-9-11-4-5-15(16)21-11/h4-7,17H,8-9H2,1-3H3. The van der Waals surface area contributed by atoms with Crippen molar-refractivity contribution in [3.63, 3.8) is 0 Å². The van der Waals surface area contributed by atoms with E-state index in [2.05, 4.69) is 33.4 Å². The smallest absolute Gasteiger partial charge is 0.164 e. The van der Waals surface area contributed by atoms with E-state index in [0.29, 0.717) is 18.0 Å². The molecule has 0 amide bonds. The van der Waals surface area contributed by atoms with E-state index in [1.165, 1.54) is 4.88 Å². The van der Waals surface area contributed by atoms with Crippen LogP contribution in [0.5, 0.6) is 17.2 Å². The molecular weight excluding hydrogens is 354 g/mol. The van der Waals surface area contributed by atoms with E-state index in [4.69, 9.17) is 14.2 Å². The summed E-state index contributed by atoms with van der Waals surface area (Å²) < 4.78 is 17.2. The van der Waals surface area contributed by atoms with Gasteiger partial charge in [-0.05, 0) is 34.1 Å². The largest absolute Gasteiger partial charge is 0.496 e. The molecule has 1 aromatic heterocycles. The van der Waals surface area contributed by atoms with Gasteiger partial charge in [-0.3, -0.25) is 0 Å². The maximum atomic E-state index is 5.41. The van der Waals surface area contributed by atoms with Gasteiger partial charge in [0.25, 0.3) is 0 Å². The molecule has 4 nitrogen and oxygen atoms in total. The Bertz CT molecular complexity index is 601. The lowest BCUT2D eigenvalue weighted by Crippen LogP contribution is -2.12. The fourth-order valence-electron chi connectivity index (χ4n) is 2.00. The van der Waals surface area contributed by atoms with E-state index in [0.717, 1.165) is 21.6 Å². The van der Waals surface area contributed by atoms with Gasteiger partial charge in [0.1, 0.15) is 5.75 Å². The third-order valence-electron chi connectivity index (χ3n) is 3.03. The summed E-state index contributed by atoms with van der Waals surface area (Å²) in [5, 5.41) is 3.41. The Morgan fingerprint density at radius 1 is 0.952 bits per heavy atom. The van der Waals surface area contributed by atoms with Crippen LogP contribution in [-0.4, -0.2) is 21.3 Å². The SMILES string of the molecule is COc1cc(OC)c(OC)cc1CNCc1ccc(Br)s1. The minimum Gasteiger partial charge on any atom is -0.496 e. The molecule has 0 aliphatic carbocycles. The van der Waals surface area contributed by atoms with Gasteiger partial charge in [-0.25, -0.2) is 0 Å². The lowest BCUT2D eigenvalue weighted by molar-refractivity contribution is 0.347. The predicted molar refractivity (Wildman–Crippen MR) is 88.7 cm³/mol. The van der Waals surface area contributed by atoms with Crippen molar-refractivity contribution in [1.82, 2.24) is 5.32 Å². The van der Waals surface area contributed by atoms with Crippen LogP contribution in [0.1, 0.15) is 10.4 Å². The molecule has 1 heterocycles. The molecule has 0 saturated carbocycles. The number of methoxy groups -OCH3 is 3. The first-order chi connectivity index (χ1) is 10.2. The molecule has 0 radical (unpaired) electrons. The summed E-state index contributed by atoms with van der Waals surface area (Å²) in [5.74, 6) is 2.15. The van der Waals surface area contributed by atoms with Gasteiger partial charge in [0.05, 0.1) is 25.1 Å². The van der Waals surface area contributed by atoms with Crippen molar-refractivity contribution in [2.45, 2.75) is 13.1 Å². The number of halogens is 1. The van der Waals surface area contributed by atoms with Crippen LogP contribution in [0.2, 0.25) is 0 Å². The first kappa shape index (κ1) is 16.1. The van der Waals surface area contributed by atoms with Crippen LogP contribution in [0.15, 0.2) is 28.1 Å². The molecular formula is C15H18BrNO3S. The highest BCUT2D eigenvalue weighted by Crippen LogP contribution is 2.34. The Hall–Kier alpha value is -1.24. The maximum Gasteiger partial charge on any atom is 0.164 e. The molecule has 0 aliphatic rings. The summed E-state index contributed by atoms with van der Waals surface area (Å²) in [7, 11) is 4.90. The minimum atomic E-state index is 0.667. The lowest BCUT2D eigenvalue weighted by atomic mass is 10.1. The van der Waals surface area contributed by atoms with Crippen molar-refractivity contribution >= 4 is 27.3 Å². The third-order valence-corrected chi connectivity index (χ3v) is 4.65. The van der Waals surface area contributed by atoms with Crippen LogP contribution in [0.4, 0.5) is 0 Å². The van der Waals surface area contributed by atoms with Gasteiger partial charge < -0.3 is 19.5 Å². The Balaban J connectivity index is 2.07. The van der Waals surface area contributed by atoms with Crippen molar-refractivity contribution in [2.24, 2.45) is 0 Å². The van der Waals surface area contributed by atoms with E-state index in [1.54, 1.807) is 32.7 Å². The molecule has 1 N–H and O–H groups in total. The normalized spacial score (nSPS) is 10.5. The molecule has 2 rings (SSSR count). The van der Waals surface area contributed by atoms with Crippen LogP contribution in [0.3, 0.4) is 0 Å². The summed E-state index contributed by atoms with van der Waals surface area (Å²) in [6, 6.07) is 7.94. The molecule has 0 aliphatic heterocycles. The number of thiophene rings is 1. The molecule has 2 aromatic rings. The fraction of sp³-hybridized carbons (Fsp3) is 0.333. The second-order valence-electron chi connectivity index (χ2n) is 4.33. The molecule has 6 heteroatoms. The van der Waals surface area contributed by atoms with Gasteiger partial charge in [0.2, 0.25) is 0 Å². The molecule has 0 spiro atoms. The summed E-state index contributed by atoms with van der Waals surface area (Å²) >= 11 is 5.19. The molecule has 114 valence electrons. The van der Waals surface area contributed by atoms with Gasteiger partial charge in [-0.2, -0.15) is 0 Å². The highest BCUT2D eigenvalue weighted by atomic mass is 79.9. The van der Waals surface area contributed by atoms with Crippen molar-refractivity contribution in [2.75, 3.05) is 21.3 Å². The van der Waals surface area contributed by atoms with Crippen molar-refractivity contribution < 1.29 is 14.2 Å². The van der Waals surface area contributed by atoms with Gasteiger partial charge in [-0.1, -0.05) is 0 Å². The summed E-state index contributed by atoms with van der Waals surface area (Å²) in [6.45, 7) is 1.51. The third kappa shape index (κ3) is 4.12. The number of benzene rings is 1. The second-order valence-corrected chi connectivity index (χ2v) is 6.88. The predicted octanol–water partition coefficient (Wildman–Crippen LogP) is 3.83. The molecule has 1 aromatic carbocycles. The van der Waals surface area contributed by atoms with E-state index < -0.39 is 0 Å². The highest BCUT2D eigenvalue weighted by Gasteiger charge is 2.11. The highest BCUT2D eigenvalue weighted by molar-refractivity contribution is 9.11. The van der Waals surface area contributed by atoms with Crippen molar-refractivity contribution in [1.29, 1.82) is 0 Å². The van der Waals surface area contributed by atoms with Crippen LogP contribution in [0.25, 0.3) is 0 Å². The topological polar surface area (TPSA) is 39.7 Å². The maximum absolute atomic E-state index is 5.41. The molecule has 0 saturated heterocycles. The average Bonchev–Trinajstić information content (AvgIpc) is 2.92. The Morgan fingerprint density at radius 2 is 1.62 bits per heavy atom. The minimum absolute atomic E-state index is 0.667. The van der Waals surface area contributed by atoms with E-state index in [-0.39, 0.29) is 0 Å². The number of hydrogen-bond acceptors (Lipinski definition) is 5. The van der Waals surface area contributed by atoms with Crippen molar-refractivity contribution in [3.8, 4) is 17.2 Å². The van der Waals surface area contributed by atoms with Gasteiger partial charge in [0, 0.05) is 29.6 Å². The fourth-order valence-corrected chi connectivity index (χ4v) is 3.45. The van der Waals surface area contributed by atoms with Gasteiger partial charge in [0.15, 0.2) is 11.5 Å².